The van der Waals surface area contributed by atoms with Crippen molar-refractivity contribution in [3.05, 3.63) is 256 Å². The molecular weight excluding hydrogens is 1030 g/mol. The predicted molar refractivity (Wildman–Crippen MR) is 186 cm³/mol. The maximum atomic E-state index is 15.8. The van der Waals surface area contributed by atoms with Crippen LogP contribution in [-0.4, -0.2) is 0 Å². The van der Waals surface area contributed by atoms with E-state index in [2.05, 4.69) is 19.9 Å². The van der Waals surface area contributed by atoms with E-state index in [9.17, 15) is 52.7 Å². The summed E-state index contributed by atoms with van der Waals surface area (Å²) in [5.74, 6) is -58.4. The Kier molecular flexibility index (Phi) is 11.8. The zero-order valence-electron chi connectivity index (χ0n) is 32.3. The average Bonchev–Trinajstić information content (AvgIpc) is 4.18. The second-order valence-corrected chi connectivity index (χ2v) is 14.1. The molecule has 9 rings (SSSR count). The molecule has 355 valence electrons. The molecule has 4 aromatic carbocycles. The van der Waals surface area contributed by atoms with Crippen LogP contribution in [0, 0.1) is 140 Å². The number of fused-ring (bicyclic) bond motifs is 8. The van der Waals surface area contributed by atoms with Crippen molar-refractivity contribution < 1.29 is 105 Å². The third-order valence-electron chi connectivity index (χ3n) is 10.4. The minimum Gasteiger partial charge on any atom is -0.628 e. The number of hydrogen-bond donors (Lipinski definition) is 0. The molecule has 69 heavy (non-hydrogen) atoms. The van der Waals surface area contributed by atoms with Crippen molar-refractivity contribution in [3.63, 3.8) is 0 Å². The molecule has 8 aromatic rings. The molecule has 0 unspecified atom stereocenters. The monoisotopic (exact) mass is 1030 g/mol. The Morgan fingerprint density at radius 2 is 0.290 bits per heavy atom. The zero-order chi connectivity index (χ0) is 49.3. The summed E-state index contributed by atoms with van der Waals surface area (Å²) in [6, 6.07) is 4.53. The SMILES string of the molecule is Fc1c(F)c(F)c([C+]2c3ccc([n-]3)[C+](c3c(F)c(F)c(F)c(F)c3F)c3ccc([n-]3)[C+](c3c(F)c(F)c(F)c(F)c3F)c3ccc([n-]3)[C+](c3c(F)c(F)c(F)c(F)c3F)c3ccc2[n-]3)c(F)c1F.[Cu]. The van der Waals surface area contributed by atoms with E-state index in [0.29, 0.717) is 48.5 Å². The summed E-state index contributed by atoms with van der Waals surface area (Å²) in [7, 11) is 0. The second kappa shape index (κ2) is 17.0. The van der Waals surface area contributed by atoms with E-state index < -0.39 is 208 Å². The molecule has 0 saturated heterocycles. The maximum absolute atomic E-state index is 15.8. The van der Waals surface area contributed by atoms with Crippen LogP contribution in [0.25, 0.3) is 0 Å². The Labute approximate surface area is 380 Å². The fraction of sp³-hybridized carbons (Fsp3) is 0. The molecule has 0 N–H and O–H groups in total. The van der Waals surface area contributed by atoms with Gasteiger partial charge in [-0.15, -0.1) is 0 Å². The molecule has 8 bridgehead atoms. The van der Waals surface area contributed by atoms with Crippen molar-refractivity contribution in [2.75, 3.05) is 0 Å². The van der Waals surface area contributed by atoms with E-state index in [4.69, 9.17) is 0 Å². The molecule has 0 saturated carbocycles. The quantitative estimate of drug-likeness (QED) is 0.0580. The summed E-state index contributed by atoms with van der Waals surface area (Å²) in [4.78, 5) is 15.6. The second-order valence-electron chi connectivity index (χ2n) is 14.1. The molecule has 4 aromatic heterocycles. The fourth-order valence-corrected chi connectivity index (χ4v) is 7.41. The molecule has 1 aliphatic heterocycles. The Balaban J connectivity index is 0.00000642. The summed E-state index contributed by atoms with van der Waals surface area (Å²) >= 11 is 0. The number of halogens is 20. The number of hydrogen-bond acceptors (Lipinski definition) is 0. The van der Waals surface area contributed by atoms with E-state index >= 15 is 35.1 Å². The first kappa shape index (κ1) is 48.1. The first-order valence-electron chi connectivity index (χ1n) is 18.2. The van der Waals surface area contributed by atoms with Crippen LogP contribution in [0.1, 0.15) is 67.8 Å². The summed E-state index contributed by atoms with van der Waals surface area (Å²) in [6.45, 7) is 0. The van der Waals surface area contributed by atoms with Gasteiger partial charge in [0.05, 0.1) is 0 Å². The van der Waals surface area contributed by atoms with Crippen LogP contribution < -0.4 is 19.9 Å². The molecule has 1 aliphatic rings. The van der Waals surface area contributed by atoms with Crippen LogP contribution in [-0.2, 0) is 17.1 Å². The maximum Gasteiger partial charge on any atom is 0.238 e. The van der Waals surface area contributed by atoms with Crippen molar-refractivity contribution in [1.29, 1.82) is 0 Å². The van der Waals surface area contributed by atoms with Gasteiger partial charge in [-0.3, -0.25) is 0 Å². The van der Waals surface area contributed by atoms with Gasteiger partial charge >= 0.3 is 0 Å². The zero-order valence-corrected chi connectivity index (χ0v) is 33.2. The van der Waals surface area contributed by atoms with Crippen molar-refractivity contribution in [3.8, 4) is 0 Å². The Morgan fingerprint density at radius 1 is 0.188 bits per heavy atom. The Morgan fingerprint density at radius 3 is 0.406 bits per heavy atom. The van der Waals surface area contributed by atoms with E-state index in [1.165, 1.54) is 0 Å². The standard InChI is InChI=1S/C44H8F20N4.Cu/c45-25-21(26(46)34(54)41(61)33(25)53)17-9-1-2-10(65-9)18(22-27(47)35(55)42(62)36(56)28(22)48)12-5-6-14(67-12)20(24-31(51)39(59)44(64)40(60)32(24)52)16-8-7-15(68-16)19(13-4-3-11(17)66-13)23-29(49)37(57)43(63)38(58)30(23)50;/h1-8H;. The van der Waals surface area contributed by atoms with Crippen LogP contribution in [0.15, 0.2) is 48.5 Å². The van der Waals surface area contributed by atoms with Crippen LogP contribution in [0.3, 0.4) is 0 Å². The van der Waals surface area contributed by atoms with Crippen molar-refractivity contribution in [2.45, 2.75) is 0 Å². The largest absolute Gasteiger partial charge is 0.628 e. The van der Waals surface area contributed by atoms with Crippen LogP contribution in [0.4, 0.5) is 87.8 Å². The first-order valence-corrected chi connectivity index (χ1v) is 18.2. The number of rotatable bonds is 4. The van der Waals surface area contributed by atoms with Gasteiger partial charge in [-0.05, 0) is 45.6 Å². The van der Waals surface area contributed by atoms with E-state index in [1.807, 2.05) is 0 Å². The molecule has 4 nitrogen and oxygen atoms in total. The fourth-order valence-electron chi connectivity index (χ4n) is 7.41. The van der Waals surface area contributed by atoms with Crippen molar-refractivity contribution in [2.24, 2.45) is 0 Å². The third-order valence-corrected chi connectivity index (χ3v) is 10.4. The van der Waals surface area contributed by atoms with Gasteiger partial charge in [-0.2, -0.15) is 87.8 Å². The summed E-state index contributed by atoms with van der Waals surface area (Å²) < 4.78 is 303. The van der Waals surface area contributed by atoms with E-state index in [0.717, 1.165) is 0 Å². The molecule has 25 heteroatoms. The van der Waals surface area contributed by atoms with Gasteiger partial charge in [-0.25, -0.2) is 0 Å². The molecule has 0 fully saturated rings. The van der Waals surface area contributed by atoms with E-state index in [1.54, 1.807) is 0 Å². The van der Waals surface area contributed by atoms with Gasteiger partial charge in [0.15, 0.2) is 22.3 Å². The van der Waals surface area contributed by atoms with Gasteiger partial charge < -0.3 is 19.9 Å². The molecule has 5 heterocycles. The van der Waals surface area contributed by atoms with Crippen LogP contribution in [0.2, 0.25) is 0 Å². The summed E-state index contributed by atoms with van der Waals surface area (Å²) in [5.41, 5.74) is -16.3. The number of aromatic nitrogens is 4. The molecule has 1 radical (unpaired) electrons. The van der Waals surface area contributed by atoms with Crippen molar-refractivity contribution >= 4 is 0 Å². The van der Waals surface area contributed by atoms with Gasteiger partial charge in [0.25, 0.3) is 0 Å². The van der Waals surface area contributed by atoms with Gasteiger partial charge in [0, 0.05) is 89.3 Å². The predicted octanol–water partition coefficient (Wildman–Crippen LogP) is 10.7. The van der Waals surface area contributed by atoms with Gasteiger partial charge in [-0.1, -0.05) is 0 Å². The summed E-state index contributed by atoms with van der Waals surface area (Å²) in [5, 5.41) is 0. The third kappa shape index (κ3) is 6.99. The number of benzene rings is 4. The minimum absolute atomic E-state index is 0. The van der Waals surface area contributed by atoms with Crippen LogP contribution >= 0.6 is 0 Å². The smallest absolute Gasteiger partial charge is 0.238 e. The molecule has 0 aliphatic carbocycles. The molecule has 0 atom stereocenters. The topological polar surface area (TPSA) is 56.4 Å². The van der Waals surface area contributed by atoms with Gasteiger partial charge in [0.1, 0.15) is 0 Å². The number of nitrogens with zero attached hydrogens (tertiary/aromatic N) is 4. The molecule has 0 spiro atoms. The van der Waals surface area contributed by atoms with Crippen molar-refractivity contribution in [1.82, 2.24) is 19.9 Å². The van der Waals surface area contributed by atoms with Gasteiger partial charge in [0.2, 0.25) is 116 Å². The minimum atomic E-state index is -2.73. The summed E-state index contributed by atoms with van der Waals surface area (Å²) in [6.07, 6.45) is 0. The Hall–Kier alpha value is -7.40. The average molecular weight is 1040 g/mol. The normalized spacial score (nSPS) is 12.7. The molecular formula is C44H8CuF20N4. The van der Waals surface area contributed by atoms with Crippen LogP contribution in [0.5, 0.6) is 0 Å². The molecule has 0 amide bonds. The van der Waals surface area contributed by atoms with E-state index in [-0.39, 0.29) is 17.1 Å². The Bertz CT molecular complexity index is 2790. The first-order chi connectivity index (χ1) is 32.1.